The van der Waals surface area contributed by atoms with Crippen LogP contribution in [0, 0.1) is 0 Å². The first kappa shape index (κ1) is 14.2. The molecule has 0 saturated heterocycles. The average molecular weight is 314 g/mol. The van der Waals surface area contributed by atoms with Gasteiger partial charge in [0.15, 0.2) is 0 Å². The second kappa shape index (κ2) is 6.38. The summed E-state index contributed by atoms with van der Waals surface area (Å²) in [5, 5.41) is 0. The number of hydrogen-bond acceptors (Lipinski definition) is 4. The van der Waals surface area contributed by atoms with Gasteiger partial charge in [-0.2, -0.15) is 0 Å². The van der Waals surface area contributed by atoms with Crippen LogP contribution in [0.15, 0.2) is 94.4 Å². The van der Waals surface area contributed by atoms with Gasteiger partial charge < -0.3 is 8.83 Å². The summed E-state index contributed by atoms with van der Waals surface area (Å²) < 4.78 is 11.2. The van der Waals surface area contributed by atoms with Crippen molar-refractivity contribution in [2.75, 3.05) is 0 Å². The maximum atomic E-state index is 5.61. The first-order valence-corrected chi connectivity index (χ1v) is 7.58. The molecule has 2 aromatic heterocycles. The summed E-state index contributed by atoms with van der Waals surface area (Å²) in [6, 6.07) is 20.0. The lowest BCUT2D eigenvalue weighted by atomic mass is 9.94. The largest absolute Gasteiger partial charge is 0.444 e. The van der Waals surface area contributed by atoms with Gasteiger partial charge in [0.2, 0.25) is 11.8 Å². The Bertz CT molecular complexity index is 846. The summed E-state index contributed by atoms with van der Waals surface area (Å²) in [5.41, 5.74) is 3.65. The topological polar surface area (TPSA) is 52.1 Å². The zero-order chi connectivity index (χ0) is 16.2. The van der Waals surface area contributed by atoms with Crippen LogP contribution in [0.3, 0.4) is 0 Å². The van der Waals surface area contributed by atoms with Crippen LogP contribution in [0.4, 0.5) is 0 Å². The van der Waals surface area contributed by atoms with Gasteiger partial charge in [0.1, 0.15) is 12.5 Å². The molecular weight excluding hydrogens is 300 g/mol. The molecule has 4 rings (SSSR count). The van der Waals surface area contributed by atoms with E-state index in [-0.39, 0.29) is 0 Å². The Morgan fingerprint density at radius 3 is 1.33 bits per heavy atom. The van der Waals surface area contributed by atoms with E-state index in [9.17, 15) is 0 Å². The van der Waals surface area contributed by atoms with Gasteiger partial charge in [0.05, 0.1) is 23.5 Å². The van der Waals surface area contributed by atoms with E-state index in [1.165, 1.54) is 0 Å². The third-order valence-electron chi connectivity index (χ3n) is 3.67. The molecule has 0 amide bonds. The van der Waals surface area contributed by atoms with Crippen LogP contribution >= 0.6 is 0 Å². The van der Waals surface area contributed by atoms with E-state index in [2.05, 4.69) is 9.97 Å². The van der Waals surface area contributed by atoms with Gasteiger partial charge in [-0.3, -0.25) is 0 Å². The highest BCUT2D eigenvalue weighted by atomic mass is 16.3. The molecule has 0 aliphatic rings. The Kier molecular flexibility index (Phi) is 3.78. The van der Waals surface area contributed by atoms with Crippen LogP contribution in [0.1, 0.15) is 22.9 Å². The predicted octanol–water partition coefficient (Wildman–Crippen LogP) is 4.67. The summed E-state index contributed by atoms with van der Waals surface area (Å²) in [7, 11) is 0. The maximum Gasteiger partial charge on any atom is 0.227 e. The number of oxazole rings is 2. The molecular formula is C20H14N2O2. The Hall–Kier alpha value is -3.40. The molecule has 0 spiro atoms. The first-order valence-electron chi connectivity index (χ1n) is 7.58. The molecule has 0 fully saturated rings. The van der Waals surface area contributed by atoms with E-state index < -0.39 is 0 Å². The second-order valence-electron chi connectivity index (χ2n) is 5.16. The van der Waals surface area contributed by atoms with Crippen molar-refractivity contribution in [3.05, 3.63) is 108 Å². The highest BCUT2D eigenvalue weighted by molar-refractivity contribution is 6.01. The molecule has 0 saturated carbocycles. The monoisotopic (exact) mass is 314 g/mol. The molecule has 4 nitrogen and oxygen atoms in total. The molecule has 0 bridgehead atoms. The second-order valence-corrected chi connectivity index (χ2v) is 5.16. The molecule has 2 heterocycles. The Morgan fingerprint density at radius 1 is 0.583 bits per heavy atom. The third-order valence-corrected chi connectivity index (χ3v) is 3.67. The minimum atomic E-state index is 0.526. The van der Waals surface area contributed by atoms with E-state index in [0.29, 0.717) is 11.8 Å². The molecule has 0 N–H and O–H groups in total. The Balaban J connectivity index is 2.07. The third kappa shape index (κ3) is 2.65. The molecule has 4 aromatic rings. The smallest absolute Gasteiger partial charge is 0.227 e. The van der Waals surface area contributed by atoms with Gasteiger partial charge in [-0.1, -0.05) is 60.7 Å². The number of benzene rings is 2. The van der Waals surface area contributed by atoms with Gasteiger partial charge in [0, 0.05) is 0 Å². The normalized spacial score (nSPS) is 12.0. The standard InChI is InChI=1S/C20H14N2O2/c1-3-7-15(8-4-1)17(19-21-11-13-23-19)18(20-22-12-14-24-20)16-9-5-2-6-10-16/h1-14H. The molecule has 0 atom stereocenters. The van der Waals surface area contributed by atoms with Gasteiger partial charge in [0.25, 0.3) is 0 Å². The minimum absolute atomic E-state index is 0.526. The summed E-state index contributed by atoms with van der Waals surface area (Å²) >= 11 is 0. The molecule has 4 heteroatoms. The van der Waals surface area contributed by atoms with Gasteiger partial charge >= 0.3 is 0 Å². The van der Waals surface area contributed by atoms with Crippen molar-refractivity contribution in [2.24, 2.45) is 0 Å². The van der Waals surface area contributed by atoms with E-state index in [1.54, 1.807) is 24.9 Å². The van der Waals surface area contributed by atoms with Crippen molar-refractivity contribution in [1.82, 2.24) is 9.97 Å². The molecule has 0 aliphatic heterocycles. The Morgan fingerprint density at radius 2 is 1.00 bits per heavy atom. The van der Waals surface area contributed by atoms with Crippen molar-refractivity contribution in [2.45, 2.75) is 0 Å². The molecule has 0 aliphatic carbocycles. The van der Waals surface area contributed by atoms with Crippen molar-refractivity contribution in [1.29, 1.82) is 0 Å². The van der Waals surface area contributed by atoms with Crippen LogP contribution in [0.2, 0.25) is 0 Å². The summed E-state index contributed by atoms with van der Waals surface area (Å²) in [4.78, 5) is 8.71. The SMILES string of the molecule is c1ccc(C(=C(c2ccccc2)c2ncco2)c2ncco2)cc1. The molecule has 116 valence electrons. The molecule has 0 radical (unpaired) electrons. The fourth-order valence-corrected chi connectivity index (χ4v) is 2.65. The zero-order valence-electron chi connectivity index (χ0n) is 12.8. The van der Waals surface area contributed by atoms with Crippen LogP contribution in [-0.2, 0) is 0 Å². The van der Waals surface area contributed by atoms with E-state index in [4.69, 9.17) is 8.83 Å². The number of hydrogen-bond donors (Lipinski definition) is 0. The fraction of sp³-hybridized carbons (Fsp3) is 0. The summed E-state index contributed by atoms with van der Waals surface area (Å²) in [5.74, 6) is 1.05. The maximum absolute atomic E-state index is 5.61. The predicted molar refractivity (Wildman–Crippen MR) is 90.9 cm³/mol. The van der Waals surface area contributed by atoms with Crippen LogP contribution in [0.5, 0.6) is 0 Å². The fourth-order valence-electron chi connectivity index (χ4n) is 2.65. The van der Waals surface area contributed by atoms with Crippen molar-refractivity contribution < 1.29 is 8.83 Å². The quantitative estimate of drug-likeness (QED) is 0.514. The van der Waals surface area contributed by atoms with Crippen molar-refractivity contribution in [3.8, 4) is 0 Å². The van der Waals surface area contributed by atoms with E-state index >= 15 is 0 Å². The Labute approximate surface area is 139 Å². The average Bonchev–Trinajstić information content (AvgIpc) is 3.35. The lowest BCUT2D eigenvalue weighted by molar-refractivity contribution is 0.536. The number of rotatable bonds is 4. The zero-order valence-corrected chi connectivity index (χ0v) is 12.8. The van der Waals surface area contributed by atoms with Crippen molar-refractivity contribution in [3.63, 3.8) is 0 Å². The van der Waals surface area contributed by atoms with Gasteiger partial charge in [-0.25, -0.2) is 9.97 Å². The van der Waals surface area contributed by atoms with Crippen LogP contribution in [-0.4, -0.2) is 9.97 Å². The van der Waals surface area contributed by atoms with Crippen molar-refractivity contribution >= 4 is 11.1 Å². The van der Waals surface area contributed by atoms with E-state index in [1.807, 2.05) is 60.7 Å². The lowest BCUT2D eigenvalue weighted by Gasteiger charge is -2.11. The number of aromatic nitrogens is 2. The summed E-state index contributed by atoms with van der Waals surface area (Å²) in [6.45, 7) is 0. The van der Waals surface area contributed by atoms with Crippen LogP contribution in [0.25, 0.3) is 11.1 Å². The highest BCUT2D eigenvalue weighted by Crippen LogP contribution is 2.35. The summed E-state index contributed by atoms with van der Waals surface area (Å²) in [6.07, 6.45) is 6.40. The van der Waals surface area contributed by atoms with Crippen LogP contribution < -0.4 is 0 Å². The first-order chi connectivity index (χ1) is 11.9. The van der Waals surface area contributed by atoms with E-state index in [0.717, 1.165) is 22.3 Å². The number of nitrogens with zero attached hydrogens (tertiary/aromatic N) is 2. The van der Waals surface area contributed by atoms with Gasteiger partial charge in [-0.05, 0) is 11.1 Å². The minimum Gasteiger partial charge on any atom is -0.444 e. The lowest BCUT2D eigenvalue weighted by Crippen LogP contribution is -1.97. The highest BCUT2D eigenvalue weighted by Gasteiger charge is 2.21. The molecule has 24 heavy (non-hydrogen) atoms. The molecule has 2 aromatic carbocycles. The molecule has 0 unspecified atom stereocenters. The van der Waals surface area contributed by atoms with Gasteiger partial charge in [-0.15, -0.1) is 0 Å².